The first-order valence-corrected chi connectivity index (χ1v) is 4.88. The van der Waals surface area contributed by atoms with E-state index in [2.05, 4.69) is 6.58 Å². The highest BCUT2D eigenvalue weighted by Gasteiger charge is 2.04. The van der Waals surface area contributed by atoms with Gasteiger partial charge in [0.25, 0.3) is 0 Å². The third kappa shape index (κ3) is 2.20. The molecule has 12 heavy (non-hydrogen) atoms. The maximum Gasteiger partial charge on any atom is 0.147 e. The Balaban J connectivity index is 2.93. The summed E-state index contributed by atoms with van der Waals surface area (Å²) in [5.74, 6) is 0. The van der Waals surface area contributed by atoms with Crippen molar-refractivity contribution in [2.45, 2.75) is 6.10 Å². The van der Waals surface area contributed by atoms with Crippen molar-refractivity contribution in [1.29, 1.82) is 0 Å². The number of rotatable bonds is 3. The molecular formula is C9H11ClOSi. The zero-order valence-electron chi connectivity index (χ0n) is 6.96. The van der Waals surface area contributed by atoms with E-state index in [4.69, 9.17) is 16.0 Å². The molecule has 1 aromatic carbocycles. The Morgan fingerprint density at radius 2 is 2.33 bits per heavy atom. The SMILES string of the molecule is C=CC(O[SiH3])c1cccc(Cl)c1. The molecule has 0 aliphatic rings. The summed E-state index contributed by atoms with van der Waals surface area (Å²) in [7, 11) is 0.700. The fourth-order valence-corrected chi connectivity index (χ4v) is 1.72. The first kappa shape index (κ1) is 9.51. The van der Waals surface area contributed by atoms with Gasteiger partial charge in [0.15, 0.2) is 0 Å². The molecule has 1 rings (SSSR count). The van der Waals surface area contributed by atoms with Crippen molar-refractivity contribution in [3.63, 3.8) is 0 Å². The Bertz CT molecular complexity index is 275. The molecule has 1 atom stereocenters. The van der Waals surface area contributed by atoms with Gasteiger partial charge in [-0.1, -0.05) is 29.8 Å². The van der Waals surface area contributed by atoms with Crippen LogP contribution < -0.4 is 0 Å². The minimum atomic E-state index is -0.00429. The lowest BCUT2D eigenvalue weighted by molar-refractivity contribution is 0.282. The fraction of sp³-hybridized carbons (Fsp3) is 0.111. The van der Waals surface area contributed by atoms with E-state index in [1.54, 1.807) is 6.08 Å². The summed E-state index contributed by atoms with van der Waals surface area (Å²) in [5, 5.41) is 0.734. The molecule has 0 heterocycles. The predicted octanol–water partition coefficient (Wildman–Crippen LogP) is 1.86. The van der Waals surface area contributed by atoms with E-state index < -0.39 is 0 Å². The molecular weight excluding hydrogens is 188 g/mol. The predicted molar refractivity (Wildman–Crippen MR) is 55.4 cm³/mol. The van der Waals surface area contributed by atoms with E-state index in [-0.39, 0.29) is 6.10 Å². The maximum absolute atomic E-state index is 5.82. The lowest BCUT2D eigenvalue weighted by Gasteiger charge is -2.11. The van der Waals surface area contributed by atoms with Gasteiger partial charge in [0.1, 0.15) is 10.5 Å². The van der Waals surface area contributed by atoms with E-state index in [1.807, 2.05) is 24.3 Å². The van der Waals surface area contributed by atoms with Crippen LogP contribution in [-0.4, -0.2) is 10.5 Å². The summed E-state index contributed by atoms with van der Waals surface area (Å²) in [4.78, 5) is 0. The molecule has 0 N–H and O–H groups in total. The number of hydrogen-bond donors (Lipinski definition) is 0. The molecule has 1 unspecified atom stereocenters. The van der Waals surface area contributed by atoms with E-state index in [9.17, 15) is 0 Å². The van der Waals surface area contributed by atoms with Gasteiger partial charge in [0, 0.05) is 5.02 Å². The average Bonchev–Trinajstić information content (AvgIpc) is 2.07. The van der Waals surface area contributed by atoms with Gasteiger partial charge in [-0.25, -0.2) is 0 Å². The highest BCUT2D eigenvalue weighted by molar-refractivity contribution is 6.30. The first-order chi connectivity index (χ1) is 5.77. The summed E-state index contributed by atoms with van der Waals surface area (Å²) in [6, 6.07) is 7.63. The number of halogens is 1. The molecule has 0 saturated heterocycles. The fourth-order valence-electron chi connectivity index (χ4n) is 1.05. The molecule has 3 heteroatoms. The molecule has 1 nitrogen and oxygen atoms in total. The van der Waals surface area contributed by atoms with E-state index in [0.717, 1.165) is 10.6 Å². The van der Waals surface area contributed by atoms with Crippen molar-refractivity contribution in [3.05, 3.63) is 47.5 Å². The zero-order valence-corrected chi connectivity index (χ0v) is 9.71. The summed E-state index contributed by atoms with van der Waals surface area (Å²) in [6.45, 7) is 3.69. The third-order valence-corrected chi connectivity index (χ3v) is 2.39. The van der Waals surface area contributed by atoms with Crippen LogP contribution in [0.15, 0.2) is 36.9 Å². The molecule has 64 valence electrons. The standard InChI is InChI=1S/C9H11ClOSi/c1-2-9(11-12)7-4-3-5-8(10)6-7/h2-6,9H,1H2,12H3. The van der Waals surface area contributed by atoms with Gasteiger partial charge in [-0.05, 0) is 17.7 Å². The Hall–Kier alpha value is -0.573. The van der Waals surface area contributed by atoms with E-state index >= 15 is 0 Å². The minimum absolute atomic E-state index is 0.00429. The van der Waals surface area contributed by atoms with Crippen LogP contribution in [0.3, 0.4) is 0 Å². The largest absolute Gasteiger partial charge is 0.418 e. The molecule has 0 spiro atoms. The third-order valence-electron chi connectivity index (χ3n) is 1.65. The smallest absolute Gasteiger partial charge is 0.147 e. The van der Waals surface area contributed by atoms with Gasteiger partial charge < -0.3 is 4.43 Å². The number of benzene rings is 1. The van der Waals surface area contributed by atoms with Gasteiger partial charge in [-0.15, -0.1) is 6.58 Å². The molecule has 0 bridgehead atoms. The van der Waals surface area contributed by atoms with Gasteiger partial charge in [-0.3, -0.25) is 0 Å². The Labute approximate surface area is 80.5 Å². The highest BCUT2D eigenvalue weighted by atomic mass is 35.5. The zero-order chi connectivity index (χ0) is 8.97. The topological polar surface area (TPSA) is 9.23 Å². The second-order valence-electron chi connectivity index (χ2n) is 2.45. The van der Waals surface area contributed by atoms with Crippen molar-refractivity contribution >= 4 is 22.1 Å². The van der Waals surface area contributed by atoms with Crippen LogP contribution in [-0.2, 0) is 4.43 Å². The Morgan fingerprint density at radius 3 is 2.83 bits per heavy atom. The molecule has 0 fully saturated rings. The average molecular weight is 199 g/mol. The molecule has 0 aliphatic carbocycles. The number of hydrogen-bond acceptors (Lipinski definition) is 1. The maximum atomic E-state index is 5.82. The summed E-state index contributed by atoms with van der Waals surface area (Å²) < 4.78 is 5.30. The minimum Gasteiger partial charge on any atom is -0.418 e. The molecule has 1 aromatic rings. The highest BCUT2D eigenvalue weighted by Crippen LogP contribution is 2.20. The monoisotopic (exact) mass is 198 g/mol. The first-order valence-electron chi connectivity index (χ1n) is 3.68. The van der Waals surface area contributed by atoms with Crippen LogP contribution in [0.5, 0.6) is 0 Å². The van der Waals surface area contributed by atoms with Crippen LogP contribution in [0.2, 0.25) is 5.02 Å². The quantitative estimate of drug-likeness (QED) is 0.532. The molecule has 0 amide bonds. The van der Waals surface area contributed by atoms with Gasteiger partial charge in [0.2, 0.25) is 0 Å². The van der Waals surface area contributed by atoms with Gasteiger partial charge in [0.05, 0.1) is 6.10 Å². The van der Waals surface area contributed by atoms with Crippen LogP contribution >= 0.6 is 11.6 Å². The lowest BCUT2D eigenvalue weighted by Crippen LogP contribution is -1.97. The van der Waals surface area contributed by atoms with Crippen LogP contribution in [0, 0.1) is 0 Å². The molecule has 0 aromatic heterocycles. The Kier molecular flexibility index (Phi) is 3.53. The summed E-state index contributed by atoms with van der Waals surface area (Å²) in [5.41, 5.74) is 1.06. The lowest BCUT2D eigenvalue weighted by atomic mass is 10.1. The molecule has 0 radical (unpaired) electrons. The Morgan fingerprint density at radius 1 is 1.58 bits per heavy atom. The summed E-state index contributed by atoms with van der Waals surface area (Å²) in [6.07, 6.45) is 1.77. The van der Waals surface area contributed by atoms with Crippen molar-refractivity contribution < 1.29 is 4.43 Å². The van der Waals surface area contributed by atoms with E-state index in [0.29, 0.717) is 10.5 Å². The van der Waals surface area contributed by atoms with E-state index in [1.165, 1.54) is 0 Å². The normalized spacial score (nSPS) is 12.8. The van der Waals surface area contributed by atoms with Crippen molar-refractivity contribution in [2.75, 3.05) is 0 Å². The van der Waals surface area contributed by atoms with Crippen LogP contribution in [0.4, 0.5) is 0 Å². The second-order valence-corrected chi connectivity index (χ2v) is 3.35. The van der Waals surface area contributed by atoms with Crippen LogP contribution in [0.25, 0.3) is 0 Å². The van der Waals surface area contributed by atoms with Crippen molar-refractivity contribution in [2.24, 2.45) is 0 Å². The molecule has 0 saturated carbocycles. The van der Waals surface area contributed by atoms with Crippen molar-refractivity contribution in [3.8, 4) is 0 Å². The van der Waals surface area contributed by atoms with Crippen molar-refractivity contribution in [1.82, 2.24) is 0 Å². The van der Waals surface area contributed by atoms with Gasteiger partial charge >= 0.3 is 0 Å². The summed E-state index contributed by atoms with van der Waals surface area (Å²) >= 11 is 5.82. The molecule has 0 aliphatic heterocycles. The van der Waals surface area contributed by atoms with Crippen LogP contribution in [0.1, 0.15) is 11.7 Å². The van der Waals surface area contributed by atoms with Gasteiger partial charge in [-0.2, -0.15) is 0 Å². The second kappa shape index (κ2) is 4.45.